The lowest BCUT2D eigenvalue weighted by atomic mass is 9.82. The number of carbonyl (C=O) groups excluding carboxylic acids is 1. The fraction of sp³-hybridized carbons (Fsp3) is 0.500. The smallest absolute Gasteiger partial charge is 0.240 e. The number of carbonyl (C=O) groups is 1. The van der Waals surface area contributed by atoms with Gasteiger partial charge in [-0.15, -0.1) is 12.4 Å². The fourth-order valence-electron chi connectivity index (χ4n) is 2.37. The van der Waals surface area contributed by atoms with Crippen LogP contribution in [0.2, 0.25) is 0 Å². The molecule has 0 aromatic heterocycles. The number of rotatable bonds is 3. The van der Waals surface area contributed by atoms with Crippen LogP contribution >= 0.6 is 12.4 Å². The summed E-state index contributed by atoms with van der Waals surface area (Å²) in [5.41, 5.74) is 6.29. The van der Waals surface area contributed by atoms with Gasteiger partial charge in [0.2, 0.25) is 5.91 Å². The molecule has 106 valence electrons. The summed E-state index contributed by atoms with van der Waals surface area (Å²) in [4.78, 5) is 12.0. The molecule has 0 atom stereocenters. The zero-order valence-electron chi connectivity index (χ0n) is 10.8. The molecule has 0 spiro atoms. The van der Waals surface area contributed by atoms with Gasteiger partial charge >= 0.3 is 0 Å². The topological polar surface area (TPSA) is 55.1 Å². The Morgan fingerprint density at radius 1 is 1.21 bits per heavy atom. The van der Waals surface area contributed by atoms with E-state index in [1.54, 1.807) is 12.1 Å². The van der Waals surface area contributed by atoms with Crippen molar-refractivity contribution in [2.24, 2.45) is 5.73 Å². The summed E-state index contributed by atoms with van der Waals surface area (Å²) in [5, 5.41) is 2.84. The number of hydrogen-bond donors (Lipinski definition) is 2. The molecule has 3 nitrogen and oxygen atoms in total. The lowest BCUT2D eigenvalue weighted by Gasteiger charge is -2.31. The quantitative estimate of drug-likeness (QED) is 0.897. The summed E-state index contributed by atoms with van der Waals surface area (Å²) in [7, 11) is 0. The highest BCUT2D eigenvalue weighted by molar-refractivity contribution is 5.86. The molecule has 1 amide bonds. The molecule has 0 heterocycles. The van der Waals surface area contributed by atoms with Crippen LogP contribution in [0, 0.1) is 5.82 Å². The van der Waals surface area contributed by atoms with Gasteiger partial charge in [-0.1, -0.05) is 31.4 Å². The molecule has 5 heteroatoms. The van der Waals surface area contributed by atoms with E-state index in [2.05, 4.69) is 5.32 Å². The lowest BCUT2D eigenvalue weighted by molar-refractivity contribution is -0.127. The molecule has 19 heavy (non-hydrogen) atoms. The van der Waals surface area contributed by atoms with Crippen molar-refractivity contribution in [3.8, 4) is 0 Å². The molecule has 1 aromatic rings. The van der Waals surface area contributed by atoms with Gasteiger partial charge in [-0.25, -0.2) is 4.39 Å². The van der Waals surface area contributed by atoms with E-state index < -0.39 is 5.54 Å². The van der Waals surface area contributed by atoms with Crippen LogP contribution in [0.3, 0.4) is 0 Å². The summed E-state index contributed by atoms with van der Waals surface area (Å²) in [6.07, 6.45) is 4.69. The predicted molar refractivity (Wildman–Crippen MR) is 75.5 cm³/mol. The Bertz CT molecular complexity index is 416. The Morgan fingerprint density at radius 3 is 2.37 bits per heavy atom. The van der Waals surface area contributed by atoms with Gasteiger partial charge in [0.05, 0.1) is 5.54 Å². The summed E-state index contributed by atoms with van der Waals surface area (Å²) < 4.78 is 12.7. The molecular formula is C14H20ClFN2O. The van der Waals surface area contributed by atoms with Gasteiger partial charge in [-0.3, -0.25) is 4.79 Å². The first-order chi connectivity index (χ1) is 8.60. The SMILES string of the molecule is Cl.NC1(C(=O)NCc2ccc(F)cc2)CCCCC1. The van der Waals surface area contributed by atoms with E-state index >= 15 is 0 Å². The third-order valence-corrected chi connectivity index (χ3v) is 3.56. The van der Waals surface area contributed by atoms with Crippen molar-refractivity contribution in [2.45, 2.75) is 44.2 Å². The molecule has 1 saturated carbocycles. The Kier molecular flexibility index (Phi) is 5.76. The van der Waals surface area contributed by atoms with E-state index in [-0.39, 0.29) is 24.1 Å². The Balaban J connectivity index is 0.00000180. The summed E-state index contributed by atoms with van der Waals surface area (Å²) in [6, 6.07) is 6.11. The number of nitrogens with two attached hydrogens (primary N) is 1. The van der Waals surface area contributed by atoms with Crippen molar-refractivity contribution in [3.63, 3.8) is 0 Å². The van der Waals surface area contributed by atoms with Crippen molar-refractivity contribution >= 4 is 18.3 Å². The highest BCUT2D eigenvalue weighted by Crippen LogP contribution is 2.26. The fourth-order valence-corrected chi connectivity index (χ4v) is 2.37. The zero-order valence-corrected chi connectivity index (χ0v) is 11.6. The van der Waals surface area contributed by atoms with Crippen molar-refractivity contribution in [2.75, 3.05) is 0 Å². The molecule has 1 aromatic carbocycles. The van der Waals surface area contributed by atoms with Crippen molar-refractivity contribution < 1.29 is 9.18 Å². The number of hydrogen-bond acceptors (Lipinski definition) is 2. The largest absolute Gasteiger partial charge is 0.350 e. The summed E-state index contributed by atoms with van der Waals surface area (Å²) in [6.45, 7) is 0.401. The molecular weight excluding hydrogens is 267 g/mol. The first-order valence-corrected chi connectivity index (χ1v) is 6.42. The Morgan fingerprint density at radius 2 is 1.79 bits per heavy atom. The first kappa shape index (κ1) is 15.9. The van der Waals surface area contributed by atoms with E-state index in [9.17, 15) is 9.18 Å². The van der Waals surface area contributed by atoms with Crippen LogP contribution in [0.1, 0.15) is 37.7 Å². The molecule has 1 aliphatic rings. The second-order valence-corrected chi connectivity index (χ2v) is 5.03. The van der Waals surface area contributed by atoms with Crippen LogP contribution in [0.15, 0.2) is 24.3 Å². The molecule has 1 aliphatic carbocycles. The van der Waals surface area contributed by atoms with E-state index in [1.165, 1.54) is 12.1 Å². The normalized spacial score (nSPS) is 17.4. The molecule has 0 bridgehead atoms. The number of benzene rings is 1. The zero-order chi connectivity index (χ0) is 13.0. The first-order valence-electron chi connectivity index (χ1n) is 6.42. The van der Waals surface area contributed by atoms with Crippen LogP contribution in [-0.4, -0.2) is 11.4 Å². The van der Waals surface area contributed by atoms with Gasteiger partial charge in [0.15, 0.2) is 0 Å². The Labute approximate surface area is 119 Å². The number of halogens is 2. The van der Waals surface area contributed by atoms with Crippen molar-refractivity contribution in [3.05, 3.63) is 35.6 Å². The second-order valence-electron chi connectivity index (χ2n) is 5.03. The maximum absolute atomic E-state index is 12.7. The highest BCUT2D eigenvalue weighted by Gasteiger charge is 2.34. The minimum atomic E-state index is -0.710. The molecule has 0 aliphatic heterocycles. The second kappa shape index (κ2) is 6.87. The molecule has 0 radical (unpaired) electrons. The van der Waals surface area contributed by atoms with E-state index in [1.807, 2.05) is 0 Å². The van der Waals surface area contributed by atoms with Crippen LogP contribution in [0.4, 0.5) is 4.39 Å². The maximum atomic E-state index is 12.7. The van der Waals surface area contributed by atoms with Crippen LogP contribution < -0.4 is 11.1 Å². The predicted octanol–water partition coefficient (Wildman–Crippen LogP) is 2.53. The molecule has 0 saturated heterocycles. The summed E-state index contributed by atoms with van der Waals surface area (Å²) >= 11 is 0. The van der Waals surface area contributed by atoms with E-state index in [0.717, 1.165) is 37.7 Å². The van der Waals surface area contributed by atoms with Gasteiger partial charge in [0, 0.05) is 6.54 Å². The van der Waals surface area contributed by atoms with Gasteiger partial charge in [-0.2, -0.15) is 0 Å². The number of nitrogens with one attached hydrogen (secondary N) is 1. The average Bonchev–Trinajstić information content (AvgIpc) is 2.38. The van der Waals surface area contributed by atoms with Crippen LogP contribution in [-0.2, 0) is 11.3 Å². The third-order valence-electron chi connectivity index (χ3n) is 3.56. The average molecular weight is 287 g/mol. The van der Waals surface area contributed by atoms with Crippen molar-refractivity contribution in [1.29, 1.82) is 0 Å². The van der Waals surface area contributed by atoms with Gasteiger partial charge < -0.3 is 11.1 Å². The van der Waals surface area contributed by atoms with Crippen LogP contribution in [0.5, 0.6) is 0 Å². The third kappa shape index (κ3) is 4.18. The lowest BCUT2D eigenvalue weighted by Crippen LogP contribution is -2.54. The Hall–Kier alpha value is -1.13. The van der Waals surface area contributed by atoms with Gasteiger partial charge in [0.1, 0.15) is 5.82 Å². The number of amides is 1. The monoisotopic (exact) mass is 286 g/mol. The molecule has 2 rings (SSSR count). The standard InChI is InChI=1S/C14H19FN2O.ClH/c15-12-6-4-11(5-7-12)10-17-13(18)14(16)8-2-1-3-9-14;/h4-7H,1-3,8-10,16H2,(H,17,18);1H. The molecule has 1 fully saturated rings. The van der Waals surface area contributed by atoms with Crippen molar-refractivity contribution in [1.82, 2.24) is 5.32 Å². The van der Waals surface area contributed by atoms with E-state index in [0.29, 0.717) is 6.54 Å². The van der Waals surface area contributed by atoms with Gasteiger partial charge in [-0.05, 0) is 30.5 Å². The minimum Gasteiger partial charge on any atom is -0.350 e. The maximum Gasteiger partial charge on any atom is 0.240 e. The molecule has 0 unspecified atom stereocenters. The minimum absolute atomic E-state index is 0. The summed E-state index contributed by atoms with van der Waals surface area (Å²) in [5.74, 6) is -0.362. The van der Waals surface area contributed by atoms with Crippen LogP contribution in [0.25, 0.3) is 0 Å². The molecule has 3 N–H and O–H groups in total. The van der Waals surface area contributed by atoms with E-state index in [4.69, 9.17) is 5.73 Å². The highest BCUT2D eigenvalue weighted by atomic mass is 35.5. The van der Waals surface area contributed by atoms with Gasteiger partial charge in [0.25, 0.3) is 0 Å².